The van der Waals surface area contributed by atoms with Crippen LogP contribution in [0.1, 0.15) is 24.8 Å². The number of nitrogens with zero attached hydrogens (tertiary/aromatic N) is 5. The number of hydrogen-bond acceptors (Lipinski definition) is 5. The number of piperazine rings is 1. The molecule has 1 aromatic heterocycles. The molecule has 25 heavy (non-hydrogen) atoms. The molecule has 0 bridgehead atoms. The van der Waals surface area contributed by atoms with E-state index >= 15 is 0 Å². The first-order valence-electron chi connectivity index (χ1n) is 8.79. The summed E-state index contributed by atoms with van der Waals surface area (Å²) < 4.78 is 0. The lowest BCUT2D eigenvalue weighted by atomic mass is 9.86. The van der Waals surface area contributed by atoms with E-state index in [4.69, 9.17) is 5.26 Å². The zero-order valence-electron chi connectivity index (χ0n) is 14.8. The maximum atomic E-state index is 12.4. The first-order chi connectivity index (χ1) is 12.1. The number of nitriles is 1. The average Bonchev–Trinajstić information content (AvgIpc) is 2.79. The van der Waals surface area contributed by atoms with Crippen molar-refractivity contribution in [3.8, 4) is 6.07 Å². The van der Waals surface area contributed by atoms with Gasteiger partial charge in [-0.1, -0.05) is 6.08 Å². The molecule has 1 amide bonds. The Labute approximate surface area is 149 Å². The summed E-state index contributed by atoms with van der Waals surface area (Å²) in [4.78, 5) is 23.4. The van der Waals surface area contributed by atoms with Crippen LogP contribution in [0.3, 0.4) is 0 Å². The van der Waals surface area contributed by atoms with Gasteiger partial charge in [-0.05, 0) is 32.0 Å². The number of likely N-dealkylation sites (N-methyl/N-ethyl adjacent to an activating group) is 1. The number of hydrogen-bond donors (Lipinski definition) is 0. The SMILES string of the molecule is C=CCN1CCC2(CCC1=O)CN(c1ccc(C#N)cn1)CCN2C. The van der Waals surface area contributed by atoms with Gasteiger partial charge in [0.05, 0.1) is 5.56 Å². The lowest BCUT2D eigenvalue weighted by Crippen LogP contribution is -2.61. The molecule has 0 N–H and O–H groups in total. The number of anilines is 1. The molecule has 0 aromatic carbocycles. The Bertz CT molecular complexity index is 680. The summed E-state index contributed by atoms with van der Waals surface area (Å²) in [5.74, 6) is 1.13. The molecule has 1 aromatic rings. The molecule has 1 unspecified atom stereocenters. The molecule has 0 aliphatic carbocycles. The Balaban J connectivity index is 1.78. The first-order valence-corrected chi connectivity index (χ1v) is 8.79. The Morgan fingerprint density at radius 3 is 2.88 bits per heavy atom. The van der Waals surface area contributed by atoms with E-state index in [1.807, 2.05) is 17.0 Å². The fraction of sp³-hybridized carbons (Fsp3) is 0.526. The van der Waals surface area contributed by atoms with Gasteiger partial charge in [-0.25, -0.2) is 4.98 Å². The van der Waals surface area contributed by atoms with Crippen LogP contribution in [0.2, 0.25) is 0 Å². The van der Waals surface area contributed by atoms with E-state index < -0.39 is 0 Å². The fourth-order valence-corrected chi connectivity index (χ4v) is 3.88. The summed E-state index contributed by atoms with van der Waals surface area (Å²) in [7, 11) is 2.16. The third-order valence-electron chi connectivity index (χ3n) is 5.55. The smallest absolute Gasteiger partial charge is 0.222 e. The second-order valence-electron chi connectivity index (χ2n) is 6.96. The van der Waals surface area contributed by atoms with Gasteiger partial charge < -0.3 is 9.80 Å². The number of pyridine rings is 1. The van der Waals surface area contributed by atoms with Crippen LogP contribution in [-0.2, 0) is 4.79 Å². The summed E-state index contributed by atoms with van der Waals surface area (Å²) in [6.45, 7) is 7.86. The van der Waals surface area contributed by atoms with Crippen LogP contribution in [-0.4, -0.2) is 66.0 Å². The quantitative estimate of drug-likeness (QED) is 0.784. The lowest BCUT2D eigenvalue weighted by molar-refractivity contribution is -0.130. The molecule has 3 rings (SSSR count). The van der Waals surface area contributed by atoms with E-state index in [1.165, 1.54) is 0 Å². The van der Waals surface area contributed by atoms with Crippen LogP contribution >= 0.6 is 0 Å². The van der Waals surface area contributed by atoms with E-state index in [2.05, 4.69) is 34.5 Å². The molecule has 0 radical (unpaired) electrons. The second-order valence-corrected chi connectivity index (χ2v) is 6.96. The van der Waals surface area contributed by atoms with Gasteiger partial charge in [0.1, 0.15) is 11.9 Å². The minimum Gasteiger partial charge on any atom is -0.353 e. The molecule has 2 aliphatic rings. The molecule has 2 saturated heterocycles. The third kappa shape index (κ3) is 3.52. The van der Waals surface area contributed by atoms with Crippen LogP contribution in [0.5, 0.6) is 0 Å². The minimum absolute atomic E-state index is 0.0145. The van der Waals surface area contributed by atoms with Crippen LogP contribution < -0.4 is 4.90 Å². The number of aromatic nitrogens is 1. The zero-order valence-corrected chi connectivity index (χ0v) is 14.8. The van der Waals surface area contributed by atoms with Gasteiger partial charge in [-0.3, -0.25) is 9.69 Å². The fourth-order valence-electron chi connectivity index (χ4n) is 3.88. The second kappa shape index (κ2) is 7.24. The highest BCUT2D eigenvalue weighted by atomic mass is 16.2. The van der Waals surface area contributed by atoms with Crippen LogP contribution in [0.15, 0.2) is 31.0 Å². The van der Waals surface area contributed by atoms with Crippen molar-refractivity contribution in [2.45, 2.75) is 24.8 Å². The largest absolute Gasteiger partial charge is 0.353 e. The molecule has 1 spiro atoms. The average molecular weight is 339 g/mol. The number of carbonyl (C=O) groups is 1. The topological polar surface area (TPSA) is 63.5 Å². The number of carbonyl (C=O) groups excluding carboxylic acids is 1. The Kier molecular flexibility index (Phi) is 5.05. The highest BCUT2D eigenvalue weighted by Gasteiger charge is 2.42. The summed E-state index contributed by atoms with van der Waals surface area (Å²) in [6, 6.07) is 5.85. The van der Waals surface area contributed by atoms with E-state index in [-0.39, 0.29) is 11.4 Å². The van der Waals surface area contributed by atoms with Gasteiger partial charge in [0.2, 0.25) is 5.91 Å². The number of amides is 1. The predicted molar refractivity (Wildman–Crippen MR) is 97.2 cm³/mol. The van der Waals surface area contributed by atoms with Crippen molar-refractivity contribution in [2.75, 3.05) is 44.7 Å². The van der Waals surface area contributed by atoms with Crippen molar-refractivity contribution in [1.29, 1.82) is 5.26 Å². The molecule has 1 atom stereocenters. The molecular weight excluding hydrogens is 314 g/mol. The van der Waals surface area contributed by atoms with Crippen molar-refractivity contribution in [3.63, 3.8) is 0 Å². The van der Waals surface area contributed by atoms with E-state index in [1.54, 1.807) is 12.3 Å². The van der Waals surface area contributed by atoms with Crippen LogP contribution in [0.25, 0.3) is 0 Å². The molecule has 132 valence electrons. The highest BCUT2D eigenvalue weighted by molar-refractivity contribution is 5.76. The summed E-state index contributed by atoms with van der Waals surface area (Å²) in [6.07, 6.45) is 5.82. The molecule has 3 heterocycles. The number of rotatable bonds is 3. The van der Waals surface area contributed by atoms with Crippen molar-refractivity contribution in [2.24, 2.45) is 0 Å². The van der Waals surface area contributed by atoms with Gasteiger partial charge in [-0.15, -0.1) is 6.58 Å². The van der Waals surface area contributed by atoms with E-state index in [0.29, 0.717) is 18.5 Å². The van der Waals surface area contributed by atoms with Crippen molar-refractivity contribution >= 4 is 11.7 Å². The Hall–Kier alpha value is -2.39. The van der Waals surface area contributed by atoms with Crippen molar-refractivity contribution in [3.05, 3.63) is 36.5 Å². The normalized spacial score (nSPS) is 24.9. The van der Waals surface area contributed by atoms with Gasteiger partial charge in [-0.2, -0.15) is 5.26 Å². The monoisotopic (exact) mass is 339 g/mol. The van der Waals surface area contributed by atoms with E-state index in [9.17, 15) is 4.79 Å². The number of likely N-dealkylation sites (tertiary alicyclic amines) is 1. The third-order valence-corrected chi connectivity index (χ3v) is 5.55. The zero-order chi connectivity index (χ0) is 17.9. The summed E-state index contributed by atoms with van der Waals surface area (Å²) in [5.41, 5.74) is 0.562. The first kappa shape index (κ1) is 17.4. The maximum absolute atomic E-state index is 12.4. The maximum Gasteiger partial charge on any atom is 0.222 e. The molecular formula is C19H25N5O. The van der Waals surface area contributed by atoms with Crippen molar-refractivity contribution < 1.29 is 4.79 Å². The van der Waals surface area contributed by atoms with E-state index in [0.717, 1.165) is 44.8 Å². The minimum atomic E-state index is -0.0145. The van der Waals surface area contributed by atoms with Crippen molar-refractivity contribution in [1.82, 2.24) is 14.8 Å². The molecule has 6 heteroatoms. The summed E-state index contributed by atoms with van der Waals surface area (Å²) in [5, 5.41) is 8.94. The van der Waals surface area contributed by atoms with Gasteiger partial charge in [0, 0.05) is 50.9 Å². The predicted octanol–water partition coefficient (Wildman–Crippen LogP) is 1.64. The van der Waals surface area contributed by atoms with Crippen LogP contribution in [0, 0.1) is 11.3 Å². The molecule has 2 fully saturated rings. The molecule has 0 saturated carbocycles. The highest BCUT2D eigenvalue weighted by Crippen LogP contribution is 2.33. The molecule has 6 nitrogen and oxygen atoms in total. The summed E-state index contributed by atoms with van der Waals surface area (Å²) >= 11 is 0. The van der Waals surface area contributed by atoms with Crippen LogP contribution in [0.4, 0.5) is 5.82 Å². The molecule has 2 aliphatic heterocycles. The lowest BCUT2D eigenvalue weighted by Gasteiger charge is -2.49. The Morgan fingerprint density at radius 1 is 1.36 bits per heavy atom. The van der Waals surface area contributed by atoms with Gasteiger partial charge >= 0.3 is 0 Å². The van der Waals surface area contributed by atoms with Gasteiger partial charge in [0.25, 0.3) is 0 Å². The van der Waals surface area contributed by atoms with Gasteiger partial charge in [0.15, 0.2) is 0 Å². The standard InChI is InChI=1S/C19H25N5O/c1-3-9-23-10-8-19(7-6-18(23)25)15-24(12-11-22(19)2)17-5-4-16(13-20)14-21-17/h3-5,14H,1,6-12,15H2,2H3. The Morgan fingerprint density at radius 2 is 2.20 bits per heavy atom.